The number of aliphatic imine (C=N–C) groups is 1. The topological polar surface area (TPSA) is 55.8 Å². The van der Waals surface area contributed by atoms with Crippen molar-refractivity contribution in [1.82, 2.24) is 20.5 Å². The zero-order chi connectivity index (χ0) is 19.7. The second kappa shape index (κ2) is 9.47. The van der Waals surface area contributed by atoms with Crippen molar-refractivity contribution < 1.29 is 0 Å². The van der Waals surface area contributed by atoms with E-state index in [2.05, 4.69) is 56.6 Å². The molecule has 1 saturated heterocycles. The van der Waals surface area contributed by atoms with Crippen molar-refractivity contribution in [3.05, 3.63) is 35.9 Å². The van der Waals surface area contributed by atoms with E-state index in [-0.39, 0.29) is 24.0 Å². The third-order valence-corrected chi connectivity index (χ3v) is 5.90. The van der Waals surface area contributed by atoms with Crippen LogP contribution in [0.3, 0.4) is 0 Å². The Morgan fingerprint density at radius 1 is 1.28 bits per heavy atom. The molecule has 158 valence electrons. The van der Waals surface area contributed by atoms with E-state index in [9.17, 15) is 0 Å². The first-order valence-electron chi connectivity index (χ1n) is 10.3. The molecule has 1 saturated carbocycles. The van der Waals surface area contributed by atoms with E-state index < -0.39 is 0 Å². The van der Waals surface area contributed by atoms with Crippen LogP contribution in [0.4, 0.5) is 5.82 Å². The molecule has 2 fully saturated rings. The van der Waals surface area contributed by atoms with Crippen molar-refractivity contribution in [3.8, 4) is 0 Å². The molecule has 2 aromatic rings. The molecule has 1 aromatic heterocycles. The van der Waals surface area contributed by atoms with E-state index in [0.717, 1.165) is 36.4 Å². The average molecular weight is 508 g/mol. The number of halogens is 1. The zero-order valence-electron chi connectivity index (χ0n) is 17.9. The molecule has 2 aliphatic rings. The summed E-state index contributed by atoms with van der Waals surface area (Å²) in [4.78, 5) is 13.9. The number of hydrogen-bond acceptors (Lipinski definition) is 4. The maximum atomic E-state index is 4.75. The SMILES string of the molecule is CN=C(NCc1cc(N(C)C)nc2ccccc12)NC1CC(C)N(C2CC2)C1.I. The summed E-state index contributed by atoms with van der Waals surface area (Å²) in [7, 11) is 5.91. The number of pyridine rings is 1. The van der Waals surface area contributed by atoms with Crippen LogP contribution in [0.1, 0.15) is 31.7 Å². The van der Waals surface area contributed by atoms with E-state index in [1.165, 1.54) is 30.2 Å². The van der Waals surface area contributed by atoms with Gasteiger partial charge in [-0.2, -0.15) is 0 Å². The van der Waals surface area contributed by atoms with E-state index in [1.54, 1.807) is 0 Å². The molecule has 7 heteroatoms. The van der Waals surface area contributed by atoms with Gasteiger partial charge < -0.3 is 15.5 Å². The molecule has 0 bridgehead atoms. The smallest absolute Gasteiger partial charge is 0.191 e. The molecule has 4 rings (SSSR count). The lowest BCUT2D eigenvalue weighted by atomic mass is 10.1. The summed E-state index contributed by atoms with van der Waals surface area (Å²) in [6.45, 7) is 4.19. The number of rotatable bonds is 5. The van der Waals surface area contributed by atoms with Gasteiger partial charge in [0.25, 0.3) is 0 Å². The molecular weight excluding hydrogens is 475 g/mol. The molecular formula is C22H33IN6. The molecule has 0 amide bonds. The van der Waals surface area contributed by atoms with Crippen LogP contribution < -0.4 is 15.5 Å². The predicted molar refractivity (Wildman–Crippen MR) is 132 cm³/mol. The highest BCUT2D eigenvalue weighted by Gasteiger charge is 2.38. The average Bonchev–Trinajstić information content (AvgIpc) is 3.47. The minimum absolute atomic E-state index is 0. The Balaban J connectivity index is 0.00000240. The minimum atomic E-state index is 0. The fourth-order valence-electron chi connectivity index (χ4n) is 4.25. The third kappa shape index (κ3) is 5.12. The number of anilines is 1. The van der Waals surface area contributed by atoms with Crippen LogP contribution in [0.15, 0.2) is 35.3 Å². The van der Waals surface area contributed by atoms with Gasteiger partial charge in [0.2, 0.25) is 0 Å². The van der Waals surface area contributed by atoms with Crippen molar-refractivity contribution in [2.75, 3.05) is 32.6 Å². The Kier molecular flexibility index (Phi) is 7.21. The maximum Gasteiger partial charge on any atom is 0.191 e. The summed E-state index contributed by atoms with van der Waals surface area (Å²) in [6.07, 6.45) is 3.92. The van der Waals surface area contributed by atoms with Crippen LogP contribution in [-0.4, -0.2) is 61.7 Å². The maximum absolute atomic E-state index is 4.75. The van der Waals surface area contributed by atoms with Crippen molar-refractivity contribution in [1.29, 1.82) is 0 Å². The molecule has 1 aliphatic carbocycles. The van der Waals surface area contributed by atoms with Crippen molar-refractivity contribution in [3.63, 3.8) is 0 Å². The standard InChI is InChI=1S/C22H32N6.HI/c1-15-11-17(14-28(15)18-9-10-18)25-22(23-2)24-13-16-12-21(27(3)4)26-20-8-6-5-7-19(16)20;/h5-8,12,15,17-18H,9-11,13-14H2,1-4H3,(H2,23,24,25);1H. The third-order valence-electron chi connectivity index (χ3n) is 5.90. The predicted octanol–water partition coefficient (Wildman–Crippen LogP) is 3.21. The molecule has 2 atom stereocenters. The molecule has 1 aromatic carbocycles. The number of aromatic nitrogens is 1. The largest absolute Gasteiger partial charge is 0.363 e. The summed E-state index contributed by atoms with van der Waals surface area (Å²) in [6, 6.07) is 12.4. The number of guanidine groups is 1. The van der Waals surface area contributed by atoms with Gasteiger partial charge in [0.1, 0.15) is 5.82 Å². The summed E-state index contributed by atoms with van der Waals surface area (Å²) < 4.78 is 0. The van der Waals surface area contributed by atoms with Gasteiger partial charge in [-0.05, 0) is 43.9 Å². The van der Waals surface area contributed by atoms with E-state index in [1.807, 2.05) is 27.2 Å². The van der Waals surface area contributed by atoms with Crippen molar-refractivity contribution >= 4 is 46.7 Å². The Morgan fingerprint density at radius 2 is 2.03 bits per heavy atom. The van der Waals surface area contributed by atoms with E-state index >= 15 is 0 Å². The number of nitrogens with zero attached hydrogens (tertiary/aromatic N) is 4. The number of likely N-dealkylation sites (tertiary alicyclic amines) is 1. The second-order valence-electron chi connectivity index (χ2n) is 8.33. The minimum Gasteiger partial charge on any atom is -0.363 e. The normalized spacial score (nSPS) is 22.4. The zero-order valence-corrected chi connectivity index (χ0v) is 20.2. The second-order valence-corrected chi connectivity index (χ2v) is 8.33. The molecule has 0 spiro atoms. The van der Waals surface area contributed by atoms with Gasteiger partial charge in [-0.1, -0.05) is 18.2 Å². The van der Waals surface area contributed by atoms with Gasteiger partial charge >= 0.3 is 0 Å². The highest BCUT2D eigenvalue weighted by Crippen LogP contribution is 2.33. The lowest BCUT2D eigenvalue weighted by Gasteiger charge is -2.20. The summed E-state index contributed by atoms with van der Waals surface area (Å²) in [5.41, 5.74) is 2.26. The number of fused-ring (bicyclic) bond motifs is 1. The van der Waals surface area contributed by atoms with Gasteiger partial charge in [-0.15, -0.1) is 24.0 Å². The molecule has 2 heterocycles. The molecule has 6 nitrogen and oxygen atoms in total. The number of hydrogen-bond donors (Lipinski definition) is 2. The Morgan fingerprint density at radius 3 is 2.72 bits per heavy atom. The first-order chi connectivity index (χ1) is 13.5. The Hall–Kier alpha value is -1.61. The fourth-order valence-corrected chi connectivity index (χ4v) is 4.25. The highest BCUT2D eigenvalue weighted by atomic mass is 127. The summed E-state index contributed by atoms with van der Waals surface area (Å²) >= 11 is 0. The fraction of sp³-hybridized carbons (Fsp3) is 0.545. The molecule has 2 N–H and O–H groups in total. The molecule has 0 radical (unpaired) electrons. The molecule has 1 aliphatic heterocycles. The van der Waals surface area contributed by atoms with Gasteiger partial charge in [-0.3, -0.25) is 9.89 Å². The number of nitrogens with one attached hydrogen (secondary N) is 2. The quantitative estimate of drug-likeness (QED) is 0.369. The van der Waals surface area contributed by atoms with Crippen molar-refractivity contribution in [2.24, 2.45) is 4.99 Å². The van der Waals surface area contributed by atoms with Crippen molar-refractivity contribution in [2.45, 2.75) is 50.9 Å². The monoisotopic (exact) mass is 508 g/mol. The van der Waals surface area contributed by atoms with Gasteiger partial charge in [0.15, 0.2) is 5.96 Å². The van der Waals surface area contributed by atoms with Gasteiger partial charge in [-0.25, -0.2) is 4.98 Å². The molecule has 29 heavy (non-hydrogen) atoms. The van der Waals surface area contributed by atoms with Crippen LogP contribution in [0.25, 0.3) is 10.9 Å². The number of para-hydroxylation sites is 1. The summed E-state index contributed by atoms with van der Waals surface area (Å²) in [5.74, 6) is 1.85. The van der Waals surface area contributed by atoms with Crippen LogP contribution >= 0.6 is 24.0 Å². The first-order valence-corrected chi connectivity index (χ1v) is 10.3. The van der Waals surface area contributed by atoms with E-state index in [4.69, 9.17) is 4.98 Å². The van der Waals surface area contributed by atoms with Crippen LogP contribution in [0.2, 0.25) is 0 Å². The number of benzene rings is 1. The van der Waals surface area contributed by atoms with Gasteiger partial charge in [0, 0.05) is 57.7 Å². The lowest BCUT2D eigenvalue weighted by molar-refractivity contribution is 0.256. The lowest BCUT2D eigenvalue weighted by Crippen LogP contribution is -2.44. The van der Waals surface area contributed by atoms with Crippen LogP contribution in [0.5, 0.6) is 0 Å². The summed E-state index contributed by atoms with van der Waals surface area (Å²) in [5, 5.41) is 8.34. The van der Waals surface area contributed by atoms with Crippen LogP contribution in [-0.2, 0) is 6.54 Å². The Labute approximate surface area is 191 Å². The highest BCUT2D eigenvalue weighted by molar-refractivity contribution is 14.0. The first kappa shape index (κ1) is 22.1. The van der Waals surface area contributed by atoms with E-state index in [0.29, 0.717) is 12.1 Å². The molecule has 2 unspecified atom stereocenters. The van der Waals surface area contributed by atoms with Gasteiger partial charge in [0.05, 0.1) is 5.52 Å². The van der Waals surface area contributed by atoms with Crippen LogP contribution in [0, 0.1) is 0 Å². The Bertz CT molecular complexity index is 864.